The van der Waals surface area contributed by atoms with Crippen LogP contribution >= 0.6 is 0 Å². The summed E-state index contributed by atoms with van der Waals surface area (Å²) in [6.07, 6.45) is 10.7. The lowest BCUT2D eigenvalue weighted by Crippen LogP contribution is -2.30. The molecule has 2 heteroatoms. The van der Waals surface area contributed by atoms with Crippen LogP contribution in [0, 0.1) is 5.82 Å². The number of halogens is 1. The summed E-state index contributed by atoms with van der Waals surface area (Å²) >= 11 is 0. The lowest BCUT2D eigenvalue weighted by Gasteiger charge is -2.22. The monoisotopic (exact) mass is 261 g/mol. The molecular weight excluding hydrogens is 237 g/mol. The summed E-state index contributed by atoms with van der Waals surface area (Å²) in [7, 11) is 1.98. The molecule has 19 heavy (non-hydrogen) atoms. The summed E-state index contributed by atoms with van der Waals surface area (Å²) in [5, 5.41) is 3.36. The summed E-state index contributed by atoms with van der Waals surface area (Å²) < 4.78 is 13.8. The SMILES string of the molecule is CNC(Cc1ccccc1F)/C1=C/CCCCCC1. The Morgan fingerprint density at radius 1 is 1.16 bits per heavy atom. The zero-order valence-corrected chi connectivity index (χ0v) is 11.8. The highest BCUT2D eigenvalue weighted by Gasteiger charge is 2.15. The second-order valence-corrected chi connectivity index (χ2v) is 5.37. The predicted molar refractivity (Wildman–Crippen MR) is 78.7 cm³/mol. The fourth-order valence-corrected chi connectivity index (χ4v) is 2.84. The van der Waals surface area contributed by atoms with Gasteiger partial charge in [0.05, 0.1) is 0 Å². The summed E-state index contributed by atoms with van der Waals surface area (Å²) in [5.41, 5.74) is 2.27. The Labute approximate surface area is 115 Å². The van der Waals surface area contributed by atoms with E-state index in [1.165, 1.54) is 37.7 Å². The maximum absolute atomic E-state index is 13.8. The van der Waals surface area contributed by atoms with Crippen LogP contribution in [-0.2, 0) is 6.42 Å². The minimum Gasteiger partial charge on any atom is -0.313 e. The van der Waals surface area contributed by atoms with Gasteiger partial charge >= 0.3 is 0 Å². The van der Waals surface area contributed by atoms with Crippen LogP contribution < -0.4 is 5.32 Å². The molecule has 1 unspecified atom stereocenters. The first-order chi connectivity index (χ1) is 9.31. The van der Waals surface area contributed by atoms with E-state index in [2.05, 4.69) is 11.4 Å². The van der Waals surface area contributed by atoms with Crippen LogP contribution in [-0.4, -0.2) is 13.1 Å². The topological polar surface area (TPSA) is 12.0 Å². The Morgan fingerprint density at radius 3 is 2.74 bits per heavy atom. The molecule has 2 rings (SSSR count). The summed E-state index contributed by atoms with van der Waals surface area (Å²) in [5.74, 6) is -0.0887. The Balaban J connectivity index is 2.08. The molecule has 0 bridgehead atoms. The van der Waals surface area contributed by atoms with Gasteiger partial charge in [-0.2, -0.15) is 0 Å². The number of benzene rings is 1. The predicted octanol–water partition coefficient (Wildman–Crippen LogP) is 4.24. The molecule has 0 radical (unpaired) electrons. The Kier molecular flexibility index (Phi) is 5.59. The Morgan fingerprint density at radius 2 is 1.95 bits per heavy atom. The Hall–Kier alpha value is -1.15. The molecule has 1 N–H and O–H groups in total. The number of nitrogens with one attached hydrogen (secondary N) is 1. The number of hydrogen-bond acceptors (Lipinski definition) is 1. The lowest BCUT2D eigenvalue weighted by molar-refractivity contribution is 0.541. The van der Waals surface area contributed by atoms with Gasteiger partial charge in [-0.3, -0.25) is 0 Å². The molecule has 0 saturated carbocycles. The molecule has 0 aliphatic heterocycles. The molecule has 1 nitrogen and oxygen atoms in total. The number of allylic oxidation sites excluding steroid dienone is 1. The van der Waals surface area contributed by atoms with Crippen LogP contribution in [0.15, 0.2) is 35.9 Å². The van der Waals surface area contributed by atoms with Gasteiger partial charge in [0.15, 0.2) is 0 Å². The van der Waals surface area contributed by atoms with Crippen molar-refractivity contribution < 1.29 is 4.39 Å². The van der Waals surface area contributed by atoms with Crippen LogP contribution in [0.1, 0.15) is 44.1 Å². The average molecular weight is 261 g/mol. The van der Waals surface area contributed by atoms with Crippen molar-refractivity contribution in [1.82, 2.24) is 5.32 Å². The van der Waals surface area contributed by atoms with Crippen molar-refractivity contribution in [3.8, 4) is 0 Å². The van der Waals surface area contributed by atoms with E-state index in [1.807, 2.05) is 19.2 Å². The first-order valence-corrected chi connectivity index (χ1v) is 7.41. The minimum atomic E-state index is -0.0887. The van der Waals surface area contributed by atoms with Gasteiger partial charge in [0, 0.05) is 6.04 Å². The minimum absolute atomic E-state index is 0.0887. The lowest BCUT2D eigenvalue weighted by atomic mass is 9.91. The third-order valence-electron chi connectivity index (χ3n) is 4.00. The molecule has 0 fully saturated rings. The average Bonchev–Trinajstić information content (AvgIpc) is 2.38. The van der Waals surface area contributed by atoms with Gasteiger partial charge in [-0.25, -0.2) is 4.39 Å². The molecule has 0 amide bonds. The number of likely N-dealkylation sites (N-methyl/N-ethyl adjacent to an activating group) is 1. The molecule has 0 saturated heterocycles. The van der Waals surface area contributed by atoms with Crippen molar-refractivity contribution in [3.63, 3.8) is 0 Å². The third-order valence-corrected chi connectivity index (χ3v) is 4.00. The molecule has 1 aliphatic rings. The van der Waals surface area contributed by atoms with Gasteiger partial charge in [-0.15, -0.1) is 0 Å². The standard InChI is InChI=1S/C17H24FN/c1-19-17(13-15-11-7-8-12-16(15)18)14-9-5-3-2-4-6-10-14/h7-9,11-12,17,19H,2-6,10,13H2,1H3/b14-9+. The van der Waals surface area contributed by atoms with E-state index in [4.69, 9.17) is 0 Å². The molecule has 0 spiro atoms. The van der Waals surface area contributed by atoms with Gasteiger partial charge in [0.2, 0.25) is 0 Å². The summed E-state index contributed by atoms with van der Waals surface area (Å²) in [4.78, 5) is 0. The van der Waals surface area contributed by atoms with E-state index in [-0.39, 0.29) is 11.9 Å². The highest BCUT2D eigenvalue weighted by Crippen LogP contribution is 2.22. The van der Waals surface area contributed by atoms with Gasteiger partial charge in [0.1, 0.15) is 5.82 Å². The smallest absolute Gasteiger partial charge is 0.126 e. The van der Waals surface area contributed by atoms with Crippen LogP contribution in [0.4, 0.5) is 4.39 Å². The fraction of sp³-hybridized carbons (Fsp3) is 0.529. The van der Waals surface area contributed by atoms with Crippen molar-refractivity contribution in [2.45, 2.75) is 51.0 Å². The van der Waals surface area contributed by atoms with Crippen molar-refractivity contribution in [1.29, 1.82) is 0 Å². The summed E-state index contributed by atoms with van der Waals surface area (Å²) in [6, 6.07) is 7.38. The maximum Gasteiger partial charge on any atom is 0.126 e. The van der Waals surface area contributed by atoms with Crippen molar-refractivity contribution in [3.05, 3.63) is 47.3 Å². The van der Waals surface area contributed by atoms with Crippen molar-refractivity contribution in [2.24, 2.45) is 0 Å². The third kappa shape index (κ3) is 4.17. The Bertz CT molecular complexity index is 425. The zero-order chi connectivity index (χ0) is 13.5. The van der Waals surface area contributed by atoms with Crippen molar-refractivity contribution >= 4 is 0 Å². The second-order valence-electron chi connectivity index (χ2n) is 5.37. The second kappa shape index (κ2) is 7.44. The quantitative estimate of drug-likeness (QED) is 0.799. The van der Waals surface area contributed by atoms with E-state index in [0.717, 1.165) is 18.4 Å². The largest absolute Gasteiger partial charge is 0.313 e. The molecule has 1 aromatic carbocycles. The first-order valence-electron chi connectivity index (χ1n) is 7.41. The summed E-state index contributed by atoms with van der Waals surface area (Å²) in [6.45, 7) is 0. The van der Waals surface area contributed by atoms with E-state index >= 15 is 0 Å². The number of hydrogen-bond donors (Lipinski definition) is 1. The number of rotatable bonds is 4. The van der Waals surface area contributed by atoms with E-state index in [9.17, 15) is 4.39 Å². The molecule has 104 valence electrons. The molecular formula is C17H24FN. The van der Waals surface area contributed by atoms with Crippen LogP contribution in [0.2, 0.25) is 0 Å². The van der Waals surface area contributed by atoms with Crippen LogP contribution in [0.25, 0.3) is 0 Å². The molecule has 1 aromatic rings. The zero-order valence-electron chi connectivity index (χ0n) is 11.8. The van der Waals surface area contributed by atoms with Crippen LogP contribution in [0.3, 0.4) is 0 Å². The van der Waals surface area contributed by atoms with Gasteiger partial charge in [0.25, 0.3) is 0 Å². The van der Waals surface area contributed by atoms with Crippen molar-refractivity contribution in [2.75, 3.05) is 7.05 Å². The first kappa shape index (κ1) is 14.3. The fourth-order valence-electron chi connectivity index (χ4n) is 2.84. The highest BCUT2D eigenvalue weighted by molar-refractivity contribution is 5.23. The molecule has 0 heterocycles. The molecule has 0 aromatic heterocycles. The molecule has 1 atom stereocenters. The van der Waals surface area contributed by atoms with Gasteiger partial charge in [-0.05, 0) is 50.8 Å². The molecule has 1 aliphatic carbocycles. The van der Waals surface area contributed by atoms with E-state index in [0.29, 0.717) is 0 Å². The van der Waals surface area contributed by atoms with Gasteiger partial charge < -0.3 is 5.32 Å². The maximum atomic E-state index is 13.8. The van der Waals surface area contributed by atoms with E-state index in [1.54, 1.807) is 12.1 Å². The van der Waals surface area contributed by atoms with Gasteiger partial charge in [-0.1, -0.05) is 42.7 Å². The van der Waals surface area contributed by atoms with E-state index < -0.39 is 0 Å². The normalized spacial score (nSPS) is 21.1. The van der Waals surface area contributed by atoms with Crippen LogP contribution in [0.5, 0.6) is 0 Å². The highest BCUT2D eigenvalue weighted by atomic mass is 19.1.